The Morgan fingerprint density at radius 1 is 1.00 bits per heavy atom. The zero-order chi connectivity index (χ0) is 13.4. The molecule has 0 aliphatic carbocycles. The van der Waals surface area contributed by atoms with Gasteiger partial charge in [-0.05, 0) is 19.3 Å². The van der Waals surface area contributed by atoms with Crippen LogP contribution in [0.25, 0.3) is 0 Å². The van der Waals surface area contributed by atoms with E-state index in [1.54, 1.807) is 13.8 Å². The largest absolute Gasteiger partial charge is 0.339 e. The second kappa shape index (κ2) is 6.17. The average Bonchev–Trinajstić information content (AvgIpc) is 2.47. The SMILES string of the molecule is C.C.CC(C)(C)C(C)(C)C(=O)ON1C(=O)CCC1=O. The summed E-state index contributed by atoms with van der Waals surface area (Å²) in [5, 5.41) is 0.593. The molecule has 1 aliphatic heterocycles. The summed E-state index contributed by atoms with van der Waals surface area (Å²) in [6.45, 7) is 9.19. The van der Waals surface area contributed by atoms with E-state index in [1.807, 2.05) is 20.8 Å². The molecule has 1 fully saturated rings. The fourth-order valence-electron chi connectivity index (χ4n) is 1.16. The van der Waals surface area contributed by atoms with Gasteiger partial charge in [0.2, 0.25) is 0 Å². The Morgan fingerprint density at radius 3 is 1.68 bits per heavy atom. The number of hydrogen-bond donors (Lipinski definition) is 0. The van der Waals surface area contributed by atoms with Gasteiger partial charge in [-0.1, -0.05) is 35.6 Å². The maximum atomic E-state index is 12.0. The first-order valence-corrected chi connectivity index (χ1v) is 5.65. The van der Waals surface area contributed by atoms with Crippen LogP contribution in [0.2, 0.25) is 0 Å². The number of carbonyl (C=O) groups excluding carboxylic acids is 3. The van der Waals surface area contributed by atoms with Crippen molar-refractivity contribution in [2.45, 2.75) is 62.3 Å². The lowest BCUT2D eigenvalue weighted by Gasteiger charge is -2.36. The number of hydrogen-bond acceptors (Lipinski definition) is 4. The third-order valence-corrected chi connectivity index (χ3v) is 3.57. The zero-order valence-corrected chi connectivity index (χ0v) is 11.0. The van der Waals surface area contributed by atoms with Crippen molar-refractivity contribution in [3.05, 3.63) is 0 Å². The lowest BCUT2D eigenvalue weighted by molar-refractivity contribution is -0.208. The van der Waals surface area contributed by atoms with Crippen molar-refractivity contribution in [2.75, 3.05) is 0 Å². The van der Waals surface area contributed by atoms with Gasteiger partial charge in [-0.15, -0.1) is 5.06 Å². The molecule has 19 heavy (non-hydrogen) atoms. The van der Waals surface area contributed by atoms with Gasteiger partial charge in [0.15, 0.2) is 0 Å². The molecule has 0 saturated carbocycles. The predicted molar refractivity (Wildman–Crippen MR) is 73.9 cm³/mol. The van der Waals surface area contributed by atoms with E-state index < -0.39 is 23.2 Å². The maximum Gasteiger partial charge on any atom is 0.339 e. The average molecular weight is 273 g/mol. The monoisotopic (exact) mass is 273 g/mol. The number of nitrogens with zero attached hydrogens (tertiary/aromatic N) is 1. The fraction of sp³-hybridized carbons (Fsp3) is 0.786. The van der Waals surface area contributed by atoms with E-state index in [1.165, 1.54) is 0 Å². The molecule has 0 spiro atoms. The molecule has 0 atom stereocenters. The number of carbonyl (C=O) groups is 3. The highest BCUT2D eigenvalue weighted by Gasteiger charge is 2.44. The van der Waals surface area contributed by atoms with Crippen molar-refractivity contribution >= 4 is 17.8 Å². The van der Waals surface area contributed by atoms with Crippen LogP contribution in [0.1, 0.15) is 62.3 Å². The molecule has 5 heteroatoms. The van der Waals surface area contributed by atoms with Crippen LogP contribution >= 0.6 is 0 Å². The molecule has 0 aromatic heterocycles. The van der Waals surface area contributed by atoms with Gasteiger partial charge in [-0.2, -0.15) is 0 Å². The molecule has 2 amide bonds. The van der Waals surface area contributed by atoms with Crippen molar-refractivity contribution < 1.29 is 19.2 Å². The Morgan fingerprint density at radius 2 is 1.37 bits per heavy atom. The minimum absolute atomic E-state index is 0. The van der Waals surface area contributed by atoms with E-state index in [-0.39, 0.29) is 33.1 Å². The molecule has 0 radical (unpaired) electrons. The molecule has 1 aliphatic rings. The number of amides is 2. The Kier molecular flexibility index (Phi) is 6.48. The lowest BCUT2D eigenvalue weighted by atomic mass is 9.69. The molecule has 0 aromatic rings. The van der Waals surface area contributed by atoms with Crippen molar-refractivity contribution in [1.29, 1.82) is 0 Å². The molecule has 112 valence electrons. The van der Waals surface area contributed by atoms with Gasteiger partial charge in [0.25, 0.3) is 11.8 Å². The summed E-state index contributed by atoms with van der Waals surface area (Å²) in [6.07, 6.45) is 0.226. The minimum atomic E-state index is -0.782. The molecule has 0 unspecified atom stereocenters. The quantitative estimate of drug-likeness (QED) is 0.726. The summed E-state index contributed by atoms with van der Waals surface area (Å²) >= 11 is 0. The molecule has 5 nitrogen and oxygen atoms in total. The smallest absolute Gasteiger partial charge is 0.330 e. The van der Waals surface area contributed by atoms with Gasteiger partial charge in [-0.25, -0.2) is 4.79 Å². The highest BCUT2D eigenvalue weighted by molar-refractivity contribution is 6.01. The highest BCUT2D eigenvalue weighted by atomic mass is 16.7. The summed E-state index contributed by atoms with van der Waals surface area (Å²) in [6, 6.07) is 0. The Labute approximate surface area is 116 Å². The van der Waals surface area contributed by atoms with Crippen LogP contribution in [-0.2, 0) is 19.2 Å². The van der Waals surface area contributed by atoms with Gasteiger partial charge >= 0.3 is 5.97 Å². The van der Waals surface area contributed by atoms with Crippen LogP contribution in [-0.4, -0.2) is 22.8 Å². The standard InChI is InChI=1S/C12H19NO4.2CH4/c1-11(2,3)12(4,5)10(16)17-13-8(14)6-7-9(13)15;;/h6-7H2,1-5H3;2*1H4. The number of hydroxylamine groups is 2. The first-order chi connectivity index (χ1) is 7.57. The number of imide groups is 1. The molecular weight excluding hydrogens is 246 g/mol. The van der Waals surface area contributed by atoms with Gasteiger partial charge in [-0.3, -0.25) is 9.59 Å². The molecule has 0 N–H and O–H groups in total. The van der Waals surface area contributed by atoms with Crippen molar-refractivity contribution in [3.8, 4) is 0 Å². The Hall–Kier alpha value is -1.39. The van der Waals surface area contributed by atoms with Gasteiger partial charge in [0, 0.05) is 12.8 Å². The third kappa shape index (κ3) is 3.78. The van der Waals surface area contributed by atoms with Crippen molar-refractivity contribution in [2.24, 2.45) is 10.8 Å². The van der Waals surface area contributed by atoms with Crippen LogP contribution in [0, 0.1) is 10.8 Å². The third-order valence-electron chi connectivity index (χ3n) is 3.57. The van der Waals surface area contributed by atoms with Gasteiger partial charge in [0.1, 0.15) is 0 Å². The van der Waals surface area contributed by atoms with Crippen LogP contribution < -0.4 is 0 Å². The van der Waals surface area contributed by atoms with Crippen molar-refractivity contribution in [3.63, 3.8) is 0 Å². The van der Waals surface area contributed by atoms with E-state index in [4.69, 9.17) is 4.84 Å². The normalized spacial score (nSPS) is 15.7. The van der Waals surface area contributed by atoms with Crippen LogP contribution in [0.15, 0.2) is 0 Å². The summed E-state index contributed by atoms with van der Waals surface area (Å²) in [4.78, 5) is 39.6. The summed E-state index contributed by atoms with van der Waals surface area (Å²) in [5.41, 5.74) is -1.11. The van der Waals surface area contributed by atoms with E-state index in [0.717, 1.165) is 0 Å². The molecule has 0 aromatic carbocycles. The van der Waals surface area contributed by atoms with E-state index in [0.29, 0.717) is 5.06 Å². The minimum Gasteiger partial charge on any atom is -0.330 e. The zero-order valence-electron chi connectivity index (χ0n) is 11.0. The second-order valence-corrected chi connectivity index (χ2v) is 5.84. The first kappa shape index (κ1) is 19.9. The molecule has 1 heterocycles. The Bertz CT molecular complexity index is 350. The Balaban J connectivity index is 0. The van der Waals surface area contributed by atoms with Gasteiger partial charge in [0.05, 0.1) is 5.41 Å². The number of rotatable bonds is 2. The predicted octanol–water partition coefficient (Wildman–Crippen LogP) is 2.94. The van der Waals surface area contributed by atoms with Crippen LogP contribution in [0.5, 0.6) is 0 Å². The lowest BCUT2D eigenvalue weighted by Crippen LogP contribution is -2.43. The molecule has 1 rings (SSSR count). The first-order valence-electron chi connectivity index (χ1n) is 5.65. The summed E-state index contributed by atoms with van der Waals surface area (Å²) in [7, 11) is 0. The van der Waals surface area contributed by atoms with Crippen LogP contribution in [0.4, 0.5) is 0 Å². The molecular formula is C14H27NO4. The summed E-state index contributed by atoms with van der Waals surface area (Å²) < 4.78 is 0. The highest BCUT2D eigenvalue weighted by Crippen LogP contribution is 2.39. The molecule has 1 saturated heterocycles. The van der Waals surface area contributed by atoms with Crippen molar-refractivity contribution in [1.82, 2.24) is 5.06 Å². The van der Waals surface area contributed by atoms with E-state index in [2.05, 4.69) is 0 Å². The topological polar surface area (TPSA) is 63.7 Å². The molecule has 0 bridgehead atoms. The van der Waals surface area contributed by atoms with E-state index >= 15 is 0 Å². The summed E-state index contributed by atoms with van der Waals surface area (Å²) in [5.74, 6) is -1.46. The second-order valence-electron chi connectivity index (χ2n) is 5.84. The van der Waals surface area contributed by atoms with E-state index in [9.17, 15) is 14.4 Å². The van der Waals surface area contributed by atoms with Crippen LogP contribution in [0.3, 0.4) is 0 Å². The fourth-order valence-corrected chi connectivity index (χ4v) is 1.16. The van der Waals surface area contributed by atoms with Gasteiger partial charge < -0.3 is 4.84 Å². The maximum absolute atomic E-state index is 12.0.